The van der Waals surface area contributed by atoms with Crippen LogP contribution in [0.1, 0.15) is 42.4 Å². The normalized spacial score (nSPS) is 11.6. The highest BCUT2D eigenvalue weighted by Crippen LogP contribution is 2.17. The van der Waals surface area contributed by atoms with Crippen LogP contribution in [0.15, 0.2) is 54.7 Å². The summed E-state index contributed by atoms with van der Waals surface area (Å²) in [4.78, 5) is 16.3. The number of carbonyl (C=O) groups is 1. The third kappa shape index (κ3) is 5.17. The van der Waals surface area contributed by atoms with Crippen molar-refractivity contribution in [3.63, 3.8) is 0 Å². The molecule has 0 saturated heterocycles. The number of rotatable bonds is 4. The number of hydrogen-bond donors (Lipinski definition) is 1. The number of nitrogens with one attached hydrogen (secondary N) is 1. The maximum atomic E-state index is 12.1. The molecular weight excluding hydrogens is 272 g/mol. The lowest BCUT2D eigenvalue weighted by Crippen LogP contribution is -2.23. The molecule has 1 amide bonds. The first-order chi connectivity index (χ1) is 10.4. The average Bonchev–Trinajstić information content (AvgIpc) is 2.51. The second kappa shape index (κ2) is 7.03. The molecule has 2 aromatic rings. The lowest BCUT2D eigenvalue weighted by Gasteiger charge is -2.11. The molecule has 0 aliphatic heterocycles. The minimum absolute atomic E-state index is 0.0861. The van der Waals surface area contributed by atoms with Crippen LogP contribution in [0.3, 0.4) is 0 Å². The number of amides is 1. The molecule has 22 heavy (non-hydrogen) atoms. The van der Waals surface area contributed by atoms with E-state index in [0.717, 1.165) is 11.3 Å². The van der Waals surface area contributed by atoms with Crippen molar-refractivity contribution >= 4 is 12.0 Å². The second-order valence-corrected chi connectivity index (χ2v) is 6.33. The van der Waals surface area contributed by atoms with Gasteiger partial charge in [0, 0.05) is 11.8 Å². The van der Waals surface area contributed by atoms with Gasteiger partial charge in [-0.1, -0.05) is 51.1 Å². The molecule has 1 N–H and O–H groups in total. The van der Waals surface area contributed by atoms with Gasteiger partial charge in [0.05, 0.1) is 12.2 Å². The molecule has 0 unspecified atom stereocenters. The van der Waals surface area contributed by atoms with Gasteiger partial charge in [-0.2, -0.15) is 0 Å². The van der Waals surface area contributed by atoms with Crippen LogP contribution in [0.25, 0.3) is 6.08 Å². The molecule has 3 heteroatoms. The summed E-state index contributed by atoms with van der Waals surface area (Å²) in [6, 6.07) is 13.3. The molecule has 0 radical (unpaired) electrons. The topological polar surface area (TPSA) is 42.0 Å². The summed E-state index contributed by atoms with van der Waals surface area (Å²) in [6.07, 6.45) is 5.95. The molecule has 1 heterocycles. The highest BCUT2D eigenvalue weighted by atomic mass is 16.1. The molecule has 2 rings (SSSR count). The molecule has 114 valence electrons. The lowest BCUT2D eigenvalue weighted by atomic mass is 9.95. The number of carbonyl (C=O) groups excluding carboxylic acids is 1. The third-order valence-corrected chi connectivity index (χ3v) is 3.10. The summed E-state index contributed by atoms with van der Waals surface area (Å²) < 4.78 is 0. The molecule has 0 aliphatic rings. The Balaban J connectivity index is 1.95. The minimum Gasteiger partial charge on any atom is -0.346 e. The van der Waals surface area contributed by atoms with Crippen LogP contribution < -0.4 is 5.32 Å². The van der Waals surface area contributed by atoms with E-state index in [1.165, 1.54) is 0 Å². The van der Waals surface area contributed by atoms with Crippen LogP contribution in [0.2, 0.25) is 0 Å². The standard InChI is InChI=1S/C19H22N2O/c1-19(2,3)12-11-15-7-9-16(10-8-15)18(22)21-14-17-6-4-5-13-20-17/h4-13H,14H2,1-3H3,(H,21,22)/b12-11+. The zero-order chi connectivity index (χ0) is 16.0. The maximum Gasteiger partial charge on any atom is 0.251 e. The number of allylic oxidation sites excluding steroid dienone is 1. The largest absolute Gasteiger partial charge is 0.346 e. The minimum atomic E-state index is -0.0861. The summed E-state index contributed by atoms with van der Waals surface area (Å²) >= 11 is 0. The molecule has 0 saturated carbocycles. The van der Waals surface area contributed by atoms with Crippen LogP contribution in [0.5, 0.6) is 0 Å². The van der Waals surface area contributed by atoms with Gasteiger partial charge in [-0.3, -0.25) is 9.78 Å². The number of pyridine rings is 1. The van der Waals surface area contributed by atoms with Crippen molar-refractivity contribution in [3.8, 4) is 0 Å². The predicted molar refractivity (Wildman–Crippen MR) is 90.3 cm³/mol. The van der Waals surface area contributed by atoms with Crippen molar-refractivity contribution < 1.29 is 4.79 Å². The van der Waals surface area contributed by atoms with Gasteiger partial charge in [0.25, 0.3) is 5.91 Å². The van der Waals surface area contributed by atoms with Crippen LogP contribution in [0.4, 0.5) is 0 Å². The number of hydrogen-bond acceptors (Lipinski definition) is 2. The summed E-state index contributed by atoms with van der Waals surface area (Å²) in [5.74, 6) is -0.0861. The molecular formula is C19H22N2O. The van der Waals surface area contributed by atoms with E-state index in [9.17, 15) is 4.79 Å². The molecule has 1 aromatic carbocycles. The first-order valence-corrected chi connectivity index (χ1v) is 7.41. The molecule has 0 bridgehead atoms. The zero-order valence-electron chi connectivity index (χ0n) is 13.3. The summed E-state index contributed by atoms with van der Waals surface area (Å²) in [7, 11) is 0. The molecule has 1 aromatic heterocycles. The quantitative estimate of drug-likeness (QED) is 0.923. The van der Waals surface area contributed by atoms with E-state index in [2.05, 4.69) is 43.2 Å². The Morgan fingerprint density at radius 1 is 1.14 bits per heavy atom. The molecule has 0 fully saturated rings. The smallest absolute Gasteiger partial charge is 0.251 e. The second-order valence-electron chi connectivity index (χ2n) is 6.33. The van der Waals surface area contributed by atoms with Crippen molar-refractivity contribution in [3.05, 3.63) is 71.6 Å². The Morgan fingerprint density at radius 3 is 2.45 bits per heavy atom. The summed E-state index contributed by atoms with van der Waals surface area (Å²) in [6.45, 7) is 6.90. The summed E-state index contributed by atoms with van der Waals surface area (Å²) in [5.41, 5.74) is 2.75. The number of benzene rings is 1. The van der Waals surface area contributed by atoms with Gasteiger partial charge >= 0.3 is 0 Å². The molecule has 3 nitrogen and oxygen atoms in total. The average molecular weight is 294 g/mol. The Hall–Kier alpha value is -2.42. The van der Waals surface area contributed by atoms with Gasteiger partial charge in [0.15, 0.2) is 0 Å². The fourth-order valence-electron chi connectivity index (χ4n) is 1.87. The first kappa shape index (κ1) is 16.0. The van der Waals surface area contributed by atoms with Gasteiger partial charge < -0.3 is 5.32 Å². The van der Waals surface area contributed by atoms with Gasteiger partial charge in [0.2, 0.25) is 0 Å². The van der Waals surface area contributed by atoms with Crippen molar-refractivity contribution in [1.82, 2.24) is 10.3 Å². The molecule has 0 spiro atoms. The SMILES string of the molecule is CC(C)(C)/C=C/c1ccc(C(=O)NCc2ccccn2)cc1. The van der Waals surface area contributed by atoms with Crippen molar-refractivity contribution in [2.75, 3.05) is 0 Å². The van der Waals surface area contributed by atoms with Crippen molar-refractivity contribution in [2.24, 2.45) is 5.41 Å². The zero-order valence-corrected chi connectivity index (χ0v) is 13.3. The Bertz CT molecular complexity index is 637. The lowest BCUT2D eigenvalue weighted by molar-refractivity contribution is 0.0950. The maximum absolute atomic E-state index is 12.1. The van der Waals surface area contributed by atoms with Crippen LogP contribution in [0, 0.1) is 5.41 Å². The highest BCUT2D eigenvalue weighted by Gasteiger charge is 2.06. The van der Waals surface area contributed by atoms with E-state index in [0.29, 0.717) is 12.1 Å². The van der Waals surface area contributed by atoms with Gasteiger partial charge in [-0.25, -0.2) is 0 Å². The predicted octanol–water partition coefficient (Wildman–Crippen LogP) is 4.07. The van der Waals surface area contributed by atoms with Gasteiger partial charge in [-0.05, 0) is 35.2 Å². The number of nitrogens with zero attached hydrogens (tertiary/aromatic N) is 1. The van der Waals surface area contributed by atoms with Crippen LogP contribution >= 0.6 is 0 Å². The molecule has 0 aliphatic carbocycles. The van der Waals surface area contributed by atoms with Crippen molar-refractivity contribution in [1.29, 1.82) is 0 Å². The highest BCUT2D eigenvalue weighted by molar-refractivity contribution is 5.94. The van der Waals surface area contributed by atoms with E-state index in [1.54, 1.807) is 6.20 Å². The van der Waals surface area contributed by atoms with E-state index < -0.39 is 0 Å². The van der Waals surface area contributed by atoms with E-state index in [-0.39, 0.29) is 11.3 Å². The van der Waals surface area contributed by atoms with Crippen molar-refractivity contribution in [2.45, 2.75) is 27.3 Å². The Morgan fingerprint density at radius 2 is 1.86 bits per heavy atom. The van der Waals surface area contributed by atoms with Gasteiger partial charge in [0.1, 0.15) is 0 Å². The van der Waals surface area contributed by atoms with Gasteiger partial charge in [-0.15, -0.1) is 0 Å². The van der Waals surface area contributed by atoms with E-state index in [1.807, 2.05) is 42.5 Å². The molecule has 0 atom stereocenters. The first-order valence-electron chi connectivity index (χ1n) is 7.41. The third-order valence-electron chi connectivity index (χ3n) is 3.10. The summed E-state index contributed by atoms with van der Waals surface area (Å²) in [5, 5.41) is 2.87. The van der Waals surface area contributed by atoms with Crippen LogP contribution in [-0.2, 0) is 6.54 Å². The monoisotopic (exact) mass is 294 g/mol. The number of aromatic nitrogens is 1. The van der Waals surface area contributed by atoms with E-state index >= 15 is 0 Å². The Kier molecular flexibility index (Phi) is 5.10. The fraction of sp³-hybridized carbons (Fsp3) is 0.263. The Labute approximate surface area is 132 Å². The van der Waals surface area contributed by atoms with E-state index in [4.69, 9.17) is 0 Å². The van der Waals surface area contributed by atoms with Crippen LogP contribution in [-0.4, -0.2) is 10.9 Å². The fourth-order valence-corrected chi connectivity index (χ4v) is 1.87.